The fourth-order valence-corrected chi connectivity index (χ4v) is 1.10. The lowest BCUT2D eigenvalue weighted by atomic mass is 10.3. The molecule has 0 aromatic carbocycles. The summed E-state index contributed by atoms with van der Waals surface area (Å²) in [4.78, 5) is 27.8. The van der Waals surface area contributed by atoms with Crippen LogP contribution in [-0.4, -0.2) is 46.8 Å². The Kier molecular flexibility index (Phi) is 5.12. The number of rotatable bonds is 5. The van der Waals surface area contributed by atoms with Crippen molar-refractivity contribution in [3.63, 3.8) is 0 Å². The van der Waals surface area contributed by atoms with Crippen LogP contribution in [0.4, 0.5) is 0 Å². The highest BCUT2D eigenvalue weighted by Gasteiger charge is 2.20. The topological polar surface area (TPSA) is 119 Å². The predicted molar refractivity (Wildman–Crippen MR) is 45.0 cm³/mol. The average Bonchev–Trinajstić information content (AvgIpc) is 2.03. The molecule has 0 aliphatic carbocycles. The molecule has 13 heavy (non-hydrogen) atoms. The summed E-state index contributed by atoms with van der Waals surface area (Å²) in [6.45, 7) is -0.514. The lowest BCUT2D eigenvalue weighted by Gasteiger charge is -2.14. The third-order valence-corrected chi connectivity index (χ3v) is 1.88. The SMILES string of the molecule is CNC(=O)[C@H](CO)NCP(=O)(O)O. The number of aliphatic hydroxyl groups is 1. The molecule has 7 nitrogen and oxygen atoms in total. The Morgan fingerprint density at radius 2 is 2.08 bits per heavy atom. The van der Waals surface area contributed by atoms with Crippen molar-refractivity contribution in [2.75, 3.05) is 19.9 Å². The monoisotopic (exact) mass is 212 g/mol. The van der Waals surface area contributed by atoms with Crippen molar-refractivity contribution in [1.82, 2.24) is 10.6 Å². The van der Waals surface area contributed by atoms with Crippen molar-refractivity contribution in [2.45, 2.75) is 6.04 Å². The minimum Gasteiger partial charge on any atom is -0.394 e. The van der Waals surface area contributed by atoms with Crippen LogP contribution in [0.25, 0.3) is 0 Å². The maximum atomic E-state index is 10.9. The number of likely N-dealkylation sites (N-methyl/N-ethyl adjacent to an activating group) is 1. The van der Waals surface area contributed by atoms with E-state index in [-0.39, 0.29) is 0 Å². The lowest BCUT2D eigenvalue weighted by Crippen LogP contribution is -2.45. The van der Waals surface area contributed by atoms with Gasteiger partial charge in [0.15, 0.2) is 0 Å². The van der Waals surface area contributed by atoms with Crippen LogP contribution in [0.2, 0.25) is 0 Å². The zero-order valence-electron chi connectivity index (χ0n) is 7.10. The van der Waals surface area contributed by atoms with Gasteiger partial charge in [0, 0.05) is 7.05 Å². The molecule has 0 saturated carbocycles. The van der Waals surface area contributed by atoms with Gasteiger partial charge in [-0.15, -0.1) is 0 Å². The Balaban J connectivity index is 4.00. The maximum absolute atomic E-state index is 10.9. The number of aliphatic hydroxyl groups excluding tert-OH is 1. The van der Waals surface area contributed by atoms with E-state index < -0.39 is 32.4 Å². The Morgan fingerprint density at radius 3 is 2.38 bits per heavy atom. The van der Waals surface area contributed by atoms with Gasteiger partial charge in [-0.25, -0.2) is 0 Å². The second-order valence-corrected chi connectivity index (χ2v) is 4.02. The molecule has 5 N–H and O–H groups in total. The molecule has 0 saturated heterocycles. The highest BCUT2D eigenvalue weighted by Crippen LogP contribution is 2.32. The summed E-state index contributed by atoms with van der Waals surface area (Å²) in [5.74, 6) is -0.518. The average molecular weight is 212 g/mol. The minimum atomic E-state index is -4.19. The van der Waals surface area contributed by atoms with E-state index in [1.165, 1.54) is 7.05 Å². The Bertz CT molecular complexity index is 215. The Labute approximate surface area is 75.3 Å². The molecule has 0 aliphatic rings. The molecule has 1 amide bonds. The summed E-state index contributed by atoms with van der Waals surface area (Å²) in [7, 11) is -2.82. The van der Waals surface area contributed by atoms with Crippen LogP contribution in [0, 0.1) is 0 Å². The quantitative estimate of drug-likeness (QED) is 0.330. The molecule has 0 fully saturated rings. The Morgan fingerprint density at radius 1 is 1.54 bits per heavy atom. The normalized spacial score (nSPS) is 13.8. The van der Waals surface area contributed by atoms with Gasteiger partial charge in [-0.3, -0.25) is 14.7 Å². The summed E-state index contributed by atoms with van der Waals surface area (Å²) >= 11 is 0. The molecule has 8 heteroatoms. The molecular weight excluding hydrogens is 199 g/mol. The molecule has 0 aromatic rings. The van der Waals surface area contributed by atoms with Gasteiger partial charge in [0.2, 0.25) is 5.91 Å². The van der Waals surface area contributed by atoms with E-state index in [4.69, 9.17) is 14.9 Å². The van der Waals surface area contributed by atoms with Gasteiger partial charge in [-0.1, -0.05) is 0 Å². The summed E-state index contributed by atoms with van der Waals surface area (Å²) < 4.78 is 10.4. The number of hydrogen-bond donors (Lipinski definition) is 5. The van der Waals surface area contributed by atoms with Gasteiger partial charge in [-0.05, 0) is 0 Å². The molecule has 78 valence electrons. The summed E-state index contributed by atoms with van der Waals surface area (Å²) in [5, 5.41) is 13.1. The molecule has 0 heterocycles. The zero-order valence-corrected chi connectivity index (χ0v) is 7.99. The van der Waals surface area contributed by atoms with E-state index in [1.54, 1.807) is 0 Å². The first-order valence-electron chi connectivity index (χ1n) is 3.51. The van der Waals surface area contributed by atoms with E-state index in [0.717, 1.165) is 0 Å². The van der Waals surface area contributed by atoms with E-state index in [1.807, 2.05) is 0 Å². The predicted octanol–water partition coefficient (Wildman–Crippen LogP) is -2.18. The number of carbonyl (C=O) groups excluding carboxylic acids is 1. The lowest BCUT2D eigenvalue weighted by molar-refractivity contribution is -0.123. The van der Waals surface area contributed by atoms with Crippen LogP contribution in [0.1, 0.15) is 0 Å². The molecule has 0 aromatic heterocycles. The van der Waals surface area contributed by atoms with Crippen LogP contribution in [0.15, 0.2) is 0 Å². The molecule has 0 radical (unpaired) electrons. The standard InChI is InChI=1S/C5H13N2O5P/c1-6-5(9)4(2-8)7-3-13(10,11)12/h4,7-8H,2-3H2,1H3,(H,6,9)(H2,10,11,12)/t4-/m0/s1. The fraction of sp³-hybridized carbons (Fsp3) is 0.800. The van der Waals surface area contributed by atoms with E-state index in [2.05, 4.69) is 10.6 Å². The number of nitrogens with one attached hydrogen (secondary N) is 2. The summed E-state index contributed by atoms with van der Waals surface area (Å²) in [6.07, 6.45) is -0.633. The third kappa shape index (κ3) is 5.73. The number of carbonyl (C=O) groups is 1. The van der Waals surface area contributed by atoms with Crippen LogP contribution < -0.4 is 10.6 Å². The largest absolute Gasteiger partial charge is 0.394 e. The van der Waals surface area contributed by atoms with Gasteiger partial charge in [0.25, 0.3) is 0 Å². The van der Waals surface area contributed by atoms with Crippen LogP contribution >= 0.6 is 7.60 Å². The molecule has 1 atom stereocenters. The van der Waals surface area contributed by atoms with Crippen molar-refractivity contribution >= 4 is 13.5 Å². The van der Waals surface area contributed by atoms with Crippen LogP contribution in [0.3, 0.4) is 0 Å². The molecule has 0 bridgehead atoms. The van der Waals surface area contributed by atoms with Gasteiger partial charge in [0.1, 0.15) is 6.04 Å². The van der Waals surface area contributed by atoms with Gasteiger partial charge in [0.05, 0.1) is 12.9 Å². The summed E-state index contributed by atoms with van der Waals surface area (Å²) in [5.41, 5.74) is 0. The number of amides is 1. The number of hydrogen-bond acceptors (Lipinski definition) is 4. The highest BCUT2D eigenvalue weighted by molar-refractivity contribution is 7.51. The van der Waals surface area contributed by atoms with E-state index in [9.17, 15) is 9.36 Å². The second kappa shape index (κ2) is 5.31. The van der Waals surface area contributed by atoms with Crippen molar-refractivity contribution < 1.29 is 24.3 Å². The second-order valence-electron chi connectivity index (χ2n) is 2.38. The third-order valence-electron chi connectivity index (χ3n) is 1.29. The van der Waals surface area contributed by atoms with Crippen molar-refractivity contribution in [2.24, 2.45) is 0 Å². The first-order valence-corrected chi connectivity index (χ1v) is 5.31. The van der Waals surface area contributed by atoms with Gasteiger partial charge >= 0.3 is 7.60 Å². The molecule has 0 spiro atoms. The highest BCUT2D eigenvalue weighted by atomic mass is 31.2. The first-order chi connectivity index (χ1) is 5.90. The fourth-order valence-electron chi connectivity index (χ4n) is 0.644. The summed E-state index contributed by atoms with van der Waals surface area (Å²) in [6, 6.07) is -0.988. The van der Waals surface area contributed by atoms with Gasteiger partial charge in [-0.2, -0.15) is 0 Å². The van der Waals surface area contributed by atoms with E-state index in [0.29, 0.717) is 0 Å². The maximum Gasteiger partial charge on any atom is 0.339 e. The van der Waals surface area contributed by atoms with Gasteiger partial charge < -0.3 is 20.2 Å². The van der Waals surface area contributed by atoms with Crippen LogP contribution in [0.5, 0.6) is 0 Å². The van der Waals surface area contributed by atoms with Crippen LogP contribution in [-0.2, 0) is 9.36 Å². The first kappa shape index (κ1) is 12.5. The minimum absolute atomic E-state index is 0.514. The Hall–Kier alpha value is -0.460. The van der Waals surface area contributed by atoms with Crippen molar-refractivity contribution in [3.8, 4) is 0 Å². The molecule has 0 aliphatic heterocycles. The van der Waals surface area contributed by atoms with Crippen molar-refractivity contribution in [1.29, 1.82) is 0 Å². The smallest absolute Gasteiger partial charge is 0.339 e. The van der Waals surface area contributed by atoms with Crippen molar-refractivity contribution in [3.05, 3.63) is 0 Å². The molecule has 0 rings (SSSR count). The zero-order chi connectivity index (χ0) is 10.5. The molecule has 0 unspecified atom stereocenters. The van der Waals surface area contributed by atoms with E-state index >= 15 is 0 Å². The molecular formula is C5H13N2O5P.